The molecule has 1 atom stereocenters. The fourth-order valence-corrected chi connectivity index (χ4v) is 2.20. The number of aliphatic hydroxyl groups is 1. The van der Waals surface area contributed by atoms with Crippen LogP contribution in [0.15, 0.2) is 6.07 Å². The molecule has 18 heavy (non-hydrogen) atoms. The van der Waals surface area contributed by atoms with Crippen LogP contribution in [0.3, 0.4) is 0 Å². The minimum absolute atomic E-state index is 0.00131. The first-order valence-corrected chi connectivity index (χ1v) is 6.39. The summed E-state index contributed by atoms with van der Waals surface area (Å²) in [5.41, 5.74) is 2.04. The molecule has 1 amide bonds. The normalized spacial score (nSPS) is 12.3. The highest BCUT2D eigenvalue weighted by Gasteiger charge is 2.16. The van der Waals surface area contributed by atoms with Gasteiger partial charge in [-0.25, -0.2) is 4.98 Å². The van der Waals surface area contributed by atoms with Crippen LogP contribution in [-0.2, 0) is 0 Å². The lowest BCUT2D eigenvalue weighted by Gasteiger charge is -2.15. The third kappa shape index (κ3) is 3.96. The summed E-state index contributed by atoms with van der Waals surface area (Å²) in [6.45, 7) is 5.71. The second-order valence-corrected chi connectivity index (χ2v) is 4.84. The molecule has 1 aromatic heterocycles. The van der Waals surface area contributed by atoms with Crippen molar-refractivity contribution in [3.05, 3.63) is 28.0 Å². The first-order valence-electron chi connectivity index (χ1n) is 6.01. The highest BCUT2D eigenvalue weighted by molar-refractivity contribution is 6.32. The second kappa shape index (κ2) is 6.71. The lowest BCUT2D eigenvalue weighted by atomic mass is 10.1. The summed E-state index contributed by atoms with van der Waals surface area (Å²) < 4.78 is 0. The molecule has 4 nitrogen and oxygen atoms in total. The van der Waals surface area contributed by atoms with E-state index >= 15 is 0 Å². The molecule has 0 saturated carbocycles. The van der Waals surface area contributed by atoms with E-state index in [-0.39, 0.29) is 23.7 Å². The Morgan fingerprint density at radius 2 is 2.22 bits per heavy atom. The van der Waals surface area contributed by atoms with Crippen LogP contribution in [0.5, 0.6) is 0 Å². The molecule has 100 valence electrons. The van der Waals surface area contributed by atoms with Gasteiger partial charge in [0.15, 0.2) is 0 Å². The van der Waals surface area contributed by atoms with E-state index in [4.69, 9.17) is 16.7 Å². The van der Waals surface area contributed by atoms with Gasteiger partial charge in [-0.15, -0.1) is 0 Å². The number of aryl methyl sites for hydroxylation is 2. The van der Waals surface area contributed by atoms with Crippen LogP contribution in [0.25, 0.3) is 0 Å². The highest BCUT2D eigenvalue weighted by Crippen LogP contribution is 2.18. The molecule has 1 rings (SSSR count). The Bertz CT molecular complexity index is 412. The molecule has 0 aliphatic rings. The van der Waals surface area contributed by atoms with E-state index in [1.54, 1.807) is 0 Å². The quantitative estimate of drug-likeness (QED) is 0.807. The molecule has 0 bridgehead atoms. The standard InChI is InChI=1S/C13H19ClN2O2/c1-8-7-10(3)15-12(14)11(8)13(18)16-9(2)5-4-6-17/h7,9,17H,4-6H2,1-3H3,(H,16,18). The number of carbonyl (C=O) groups is 1. The van der Waals surface area contributed by atoms with Crippen molar-refractivity contribution in [2.45, 2.75) is 39.7 Å². The number of hydrogen-bond donors (Lipinski definition) is 2. The van der Waals surface area contributed by atoms with E-state index < -0.39 is 0 Å². The van der Waals surface area contributed by atoms with Crippen molar-refractivity contribution in [2.75, 3.05) is 6.61 Å². The van der Waals surface area contributed by atoms with Crippen LogP contribution in [0.1, 0.15) is 41.4 Å². The zero-order chi connectivity index (χ0) is 13.7. The number of pyridine rings is 1. The Kier molecular flexibility index (Phi) is 5.56. The molecule has 0 saturated heterocycles. The molecule has 1 heterocycles. The lowest BCUT2D eigenvalue weighted by molar-refractivity contribution is 0.0935. The van der Waals surface area contributed by atoms with Gasteiger partial charge in [0.1, 0.15) is 5.15 Å². The van der Waals surface area contributed by atoms with Crippen LogP contribution in [0.2, 0.25) is 5.15 Å². The summed E-state index contributed by atoms with van der Waals surface area (Å²) >= 11 is 6.01. The third-order valence-electron chi connectivity index (χ3n) is 2.70. The van der Waals surface area contributed by atoms with Gasteiger partial charge < -0.3 is 10.4 Å². The van der Waals surface area contributed by atoms with E-state index in [9.17, 15) is 4.79 Å². The molecular weight excluding hydrogens is 252 g/mol. The average Bonchev–Trinajstić information content (AvgIpc) is 2.24. The smallest absolute Gasteiger partial charge is 0.254 e. The summed E-state index contributed by atoms with van der Waals surface area (Å²) in [5, 5.41) is 11.8. The van der Waals surface area contributed by atoms with Crippen LogP contribution >= 0.6 is 11.6 Å². The first-order chi connectivity index (χ1) is 8.45. The lowest BCUT2D eigenvalue weighted by Crippen LogP contribution is -2.33. The maximum Gasteiger partial charge on any atom is 0.254 e. The van der Waals surface area contributed by atoms with E-state index in [1.807, 2.05) is 26.8 Å². The summed E-state index contributed by atoms with van der Waals surface area (Å²) in [7, 11) is 0. The predicted molar refractivity (Wildman–Crippen MR) is 72.0 cm³/mol. The van der Waals surface area contributed by atoms with E-state index in [0.29, 0.717) is 12.0 Å². The summed E-state index contributed by atoms with van der Waals surface area (Å²) in [6, 6.07) is 1.83. The molecule has 0 aliphatic heterocycles. The van der Waals surface area contributed by atoms with Crippen molar-refractivity contribution in [1.29, 1.82) is 0 Å². The van der Waals surface area contributed by atoms with Crippen molar-refractivity contribution >= 4 is 17.5 Å². The van der Waals surface area contributed by atoms with Gasteiger partial charge in [-0.2, -0.15) is 0 Å². The number of aromatic nitrogens is 1. The van der Waals surface area contributed by atoms with Crippen molar-refractivity contribution in [3.8, 4) is 0 Å². The van der Waals surface area contributed by atoms with Gasteiger partial charge in [-0.1, -0.05) is 11.6 Å². The van der Waals surface area contributed by atoms with Gasteiger partial charge in [-0.3, -0.25) is 4.79 Å². The molecule has 0 aliphatic carbocycles. The van der Waals surface area contributed by atoms with Crippen molar-refractivity contribution < 1.29 is 9.90 Å². The summed E-state index contributed by atoms with van der Waals surface area (Å²) in [4.78, 5) is 16.2. The number of nitrogens with one attached hydrogen (secondary N) is 1. The van der Waals surface area contributed by atoms with Crippen molar-refractivity contribution in [1.82, 2.24) is 10.3 Å². The molecule has 0 fully saturated rings. The third-order valence-corrected chi connectivity index (χ3v) is 2.97. The van der Waals surface area contributed by atoms with Crippen LogP contribution in [0, 0.1) is 13.8 Å². The Hall–Kier alpha value is -1.13. The Labute approximate surface area is 112 Å². The SMILES string of the molecule is Cc1cc(C)c(C(=O)NC(C)CCCO)c(Cl)n1. The topological polar surface area (TPSA) is 62.2 Å². The molecule has 5 heteroatoms. The average molecular weight is 271 g/mol. The summed E-state index contributed by atoms with van der Waals surface area (Å²) in [5.74, 6) is -0.213. The fraction of sp³-hybridized carbons (Fsp3) is 0.538. The van der Waals surface area contributed by atoms with Crippen LogP contribution < -0.4 is 5.32 Å². The number of rotatable bonds is 5. The molecule has 1 aromatic rings. The van der Waals surface area contributed by atoms with Gasteiger partial charge in [0.05, 0.1) is 5.56 Å². The van der Waals surface area contributed by atoms with Crippen LogP contribution in [0.4, 0.5) is 0 Å². The van der Waals surface area contributed by atoms with Crippen molar-refractivity contribution in [2.24, 2.45) is 0 Å². The van der Waals surface area contributed by atoms with Crippen LogP contribution in [-0.4, -0.2) is 28.6 Å². The number of hydrogen-bond acceptors (Lipinski definition) is 3. The number of carbonyl (C=O) groups excluding carboxylic acids is 1. The zero-order valence-electron chi connectivity index (χ0n) is 11.0. The minimum atomic E-state index is -0.213. The molecule has 0 radical (unpaired) electrons. The largest absolute Gasteiger partial charge is 0.396 e. The Morgan fingerprint density at radius 1 is 1.56 bits per heavy atom. The summed E-state index contributed by atoms with van der Waals surface area (Å²) in [6.07, 6.45) is 1.40. The minimum Gasteiger partial charge on any atom is -0.396 e. The molecular formula is C13H19ClN2O2. The Morgan fingerprint density at radius 3 is 2.78 bits per heavy atom. The van der Waals surface area contributed by atoms with E-state index in [1.165, 1.54) is 0 Å². The molecule has 1 unspecified atom stereocenters. The van der Waals surface area contributed by atoms with Gasteiger partial charge in [0.25, 0.3) is 5.91 Å². The maximum absolute atomic E-state index is 12.1. The molecule has 0 spiro atoms. The number of nitrogens with zero attached hydrogens (tertiary/aromatic N) is 1. The van der Waals surface area contributed by atoms with E-state index in [0.717, 1.165) is 17.7 Å². The highest BCUT2D eigenvalue weighted by atomic mass is 35.5. The van der Waals surface area contributed by atoms with Gasteiger partial charge in [0, 0.05) is 18.3 Å². The number of halogens is 1. The van der Waals surface area contributed by atoms with Gasteiger partial charge in [0.2, 0.25) is 0 Å². The Balaban J connectivity index is 2.78. The molecule has 2 N–H and O–H groups in total. The maximum atomic E-state index is 12.1. The zero-order valence-corrected chi connectivity index (χ0v) is 11.7. The van der Waals surface area contributed by atoms with Gasteiger partial charge in [-0.05, 0) is 45.2 Å². The van der Waals surface area contributed by atoms with E-state index in [2.05, 4.69) is 10.3 Å². The van der Waals surface area contributed by atoms with Gasteiger partial charge >= 0.3 is 0 Å². The fourth-order valence-electron chi connectivity index (χ4n) is 1.83. The predicted octanol–water partition coefficient (Wildman–Crippen LogP) is 2.24. The number of amides is 1. The molecule has 0 aromatic carbocycles. The monoisotopic (exact) mass is 270 g/mol. The van der Waals surface area contributed by atoms with Crippen molar-refractivity contribution in [3.63, 3.8) is 0 Å². The number of aliphatic hydroxyl groups excluding tert-OH is 1. The second-order valence-electron chi connectivity index (χ2n) is 4.49. The first kappa shape index (κ1) is 14.9.